The van der Waals surface area contributed by atoms with Crippen LogP contribution in [0, 0.1) is 5.92 Å². The van der Waals surface area contributed by atoms with Crippen LogP contribution >= 0.6 is 0 Å². The summed E-state index contributed by atoms with van der Waals surface area (Å²) in [5.41, 5.74) is 1.11. The number of hydrogen-bond acceptors (Lipinski definition) is 4. The molecule has 0 radical (unpaired) electrons. The van der Waals surface area contributed by atoms with E-state index in [2.05, 4.69) is 20.8 Å². The molecule has 0 amide bonds. The molecule has 25 heavy (non-hydrogen) atoms. The minimum atomic E-state index is -1.72. The average molecular weight is 367 g/mol. The van der Waals surface area contributed by atoms with Gasteiger partial charge in [0, 0.05) is 12.5 Å². The summed E-state index contributed by atoms with van der Waals surface area (Å²) < 4.78 is 17.5. The SMILES string of the molecule is CC[Si](CC)(CC)O[C@H](CCOCc1ccc(OC)cc1)[C@H](C)C=O. The van der Waals surface area contributed by atoms with Crippen molar-refractivity contribution in [2.24, 2.45) is 5.92 Å². The zero-order valence-electron chi connectivity index (χ0n) is 16.4. The monoisotopic (exact) mass is 366 g/mol. The molecule has 0 aliphatic heterocycles. The van der Waals surface area contributed by atoms with E-state index in [9.17, 15) is 4.79 Å². The van der Waals surface area contributed by atoms with Crippen molar-refractivity contribution >= 4 is 14.6 Å². The van der Waals surface area contributed by atoms with E-state index in [0.717, 1.165) is 42.2 Å². The van der Waals surface area contributed by atoms with Crippen molar-refractivity contribution in [2.75, 3.05) is 13.7 Å². The van der Waals surface area contributed by atoms with Crippen LogP contribution in [0.1, 0.15) is 39.7 Å². The van der Waals surface area contributed by atoms with Gasteiger partial charge in [0.1, 0.15) is 12.0 Å². The Morgan fingerprint density at radius 1 is 1.08 bits per heavy atom. The van der Waals surface area contributed by atoms with Crippen LogP contribution in [0.25, 0.3) is 0 Å². The zero-order valence-corrected chi connectivity index (χ0v) is 17.4. The standard InChI is InChI=1S/C20H34O4Si/c1-6-25(7-2,8-3)24-20(17(4)15-21)13-14-23-16-18-9-11-19(22-5)12-10-18/h9-12,15,17,20H,6-8,13-14,16H2,1-5H3/t17-,20-/m1/s1. The van der Waals surface area contributed by atoms with Gasteiger partial charge in [-0.2, -0.15) is 0 Å². The topological polar surface area (TPSA) is 44.8 Å². The molecule has 0 heterocycles. The Hall–Kier alpha value is -1.17. The molecule has 0 aliphatic rings. The highest BCUT2D eigenvalue weighted by atomic mass is 28.4. The second kappa shape index (κ2) is 11.4. The Morgan fingerprint density at radius 2 is 1.68 bits per heavy atom. The van der Waals surface area contributed by atoms with Crippen LogP contribution in [0.3, 0.4) is 0 Å². The highest BCUT2D eigenvalue weighted by Crippen LogP contribution is 2.26. The number of hydrogen-bond donors (Lipinski definition) is 0. The molecule has 0 saturated carbocycles. The minimum absolute atomic E-state index is 0.0418. The zero-order chi connectivity index (χ0) is 18.7. The first-order chi connectivity index (χ1) is 12.0. The maximum absolute atomic E-state index is 11.3. The van der Waals surface area contributed by atoms with E-state index >= 15 is 0 Å². The number of rotatable bonds is 13. The van der Waals surface area contributed by atoms with E-state index < -0.39 is 8.32 Å². The van der Waals surface area contributed by atoms with E-state index in [1.165, 1.54) is 0 Å². The summed E-state index contributed by atoms with van der Waals surface area (Å²) in [4.78, 5) is 11.3. The summed E-state index contributed by atoms with van der Waals surface area (Å²) in [6.45, 7) is 9.73. The van der Waals surface area contributed by atoms with E-state index in [1.807, 2.05) is 31.2 Å². The fraction of sp³-hybridized carbons (Fsp3) is 0.650. The summed E-state index contributed by atoms with van der Waals surface area (Å²) in [7, 11) is -0.0637. The van der Waals surface area contributed by atoms with Crippen molar-refractivity contribution in [3.8, 4) is 5.75 Å². The number of methoxy groups -OCH3 is 1. The Labute approximate surface area is 154 Å². The van der Waals surface area contributed by atoms with Crippen LogP contribution in [0.15, 0.2) is 24.3 Å². The lowest BCUT2D eigenvalue weighted by Crippen LogP contribution is -2.42. The highest BCUT2D eigenvalue weighted by Gasteiger charge is 2.33. The molecule has 5 heteroatoms. The molecule has 0 bridgehead atoms. The molecule has 0 spiro atoms. The molecule has 0 aliphatic carbocycles. The van der Waals surface area contributed by atoms with Crippen LogP contribution < -0.4 is 4.74 Å². The third-order valence-electron chi connectivity index (χ3n) is 5.11. The van der Waals surface area contributed by atoms with Gasteiger partial charge >= 0.3 is 0 Å². The predicted octanol–water partition coefficient (Wildman–Crippen LogP) is 4.83. The predicted molar refractivity (Wildman–Crippen MR) is 105 cm³/mol. The van der Waals surface area contributed by atoms with E-state index in [1.54, 1.807) is 7.11 Å². The summed E-state index contributed by atoms with van der Waals surface area (Å²) in [6, 6.07) is 11.2. The minimum Gasteiger partial charge on any atom is -0.497 e. The fourth-order valence-corrected chi connectivity index (χ4v) is 5.92. The molecule has 0 aromatic heterocycles. The number of aldehydes is 1. The van der Waals surface area contributed by atoms with Crippen LogP contribution in [0.4, 0.5) is 0 Å². The number of ether oxygens (including phenoxy) is 2. The molecule has 1 rings (SSSR count). The smallest absolute Gasteiger partial charge is 0.192 e. The van der Waals surface area contributed by atoms with Gasteiger partial charge in [0.15, 0.2) is 8.32 Å². The third kappa shape index (κ3) is 6.92. The quantitative estimate of drug-likeness (QED) is 0.285. The van der Waals surface area contributed by atoms with Gasteiger partial charge in [-0.05, 0) is 42.2 Å². The normalized spacial score (nSPS) is 14.1. The highest BCUT2D eigenvalue weighted by molar-refractivity contribution is 6.73. The Morgan fingerprint density at radius 3 is 2.16 bits per heavy atom. The van der Waals surface area contributed by atoms with Crippen molar-refractivity contribution in [2.45, 2.75) is 65.0 Å². The van der Waals surface area contributed by atoms with E-state index in [-0.39, 0.29) is 12.0 Å². The van der Waals surface area contributed by atoms with E-state index in [4.69, 9.17) is 13.9 Å². The molecule has 142 valence electrons. The lowest BCUT2D eigenvalue weighted by molar-refractivity contribution is -0.113. The molecule has 4 nitrogen and oxygen atoms in total. The van der Waals surface area contributed by atoms with Gasteiger partial charge < -0.3 is 18.7 Å². The fourth-order valence-electron chi connectivity index (χ4n) is 2.95. The molecule has 0 N–H and O–H groups in total. The first-order valence-corrected chi connectivity index (χ1v) is 11.9. The third-order valence-corrected chi connectivity index (χ3v) is 9.78. The molecular formula is C20H34O4Si. The van der Waals surface area contributed by atoms with Crippen LogP contribution in [0.5, 0.6) is 5.75 Å². The molecule has 0 fully saturated rings. The Balaban J connectivity index is 2.53. The van der Waals surface area contributed by atoms with Gasteiger partial charge in [-0.3, -0.25) is 0 Å². The summed E-state index contributed by atoms with van der Waals surface area (Å²) in [5.74, 6) is 0.748. The van der Waals surface area contributed by atoms with Crippen LogP contribution in [-0.4, -0.2) is 34.4 Å². The van der Waals surface area contributed by atoms with Gasteiger partial charge in [-0.1, -0.05) is 39.8 Å². The summed E-state index contributed by atoms with van der Waals surface area (Å²) >= 11 is 0. The molecular weight excluding hydrogens is 332 g/mol. The van der Waals surface area contributed by atoms with Crippen molar-refractivity contribution in [1.29, 1.82) is 0 Å². The maximum atomic E-state index is 11.3. The summed E-state index contributed by atoms with van der Waals surface area (Å²) in [5, 5.41) is 0. The van der Waals surface area contributed by atoms with Crippen molar-refractivity contribution in [3.05, 3.63) is 29.8 Å². The second-order valence-corrected chi connectivity index (χ2v) is 11.3. The average Bonchev–Trinajstić information content (AvgIpc) is 2.67. The van der Waals surface area contributed by atoms with Crippen molar-refractivity contribution in [3.63, 3.8) is 0 Å². The first-order valence-electron chi connectivity index (χ1n) is 9.37. The first kappa shape index (κ1) is 21.9. The summed E-state index contributed by atoms with van der Waals surface area (Å²) in [6.07, 6.45) is 1.72. The maximum Gasteiger partial charge on any atom is 0.192 e. The second-order valence-electron chi connectivity index (χ2n) is 6.58. The molecule has 1 aromatic rings. The van der Waals surface area contributed by atoms with Crippen molar-refractivity contribution in [1.82, 2.24) is 0 Å². The van der Waals surface area contributed by atoms with Crippen molar-refractivity contribution < 1.29 is 18.7 Å². The van der Waals surface area contributed by atoms with Crippen LogP contribution in [-0.2, 0) is 20.6 Å². The largest absolute Gasteiger partial charge is 0.497 e. The Bertz CT molecular complexity index is 477. The Kier molecular flexibility index (Phi) is 10.0. The van der Waals surface area contributed by atoms with Gasteiger partial charge in [0.25, 0.3) is 0 Å². The number of carbonyl (C=O) groups is 1. The molecule has 0 saturated heterocycles. The van der Waals surface area contributed by atoms with Gasteiger partial charge in [0.05, 0.1) is 19.8 Å². The van der Waals surface area contributed by atoms with Gasteiger partial charge in [-0.15, -0.1) is 0 Å². The number of carbonyl (C=O) groups excluding carboxylic acids is 1. The van der Waals surface area contributed by atoms with E-state index in [0.29, 0.717) is 13.2 Å². The van der Waals surface area contributed by atoms with Crippen LogP contribution in [0.2, 0.25) is 18.1 Å². The lowest BCUT2D eigenvalue weighted by Gasteiger charge is -2.34. The molecule has 1 aromatic carbocycles. The molecule has 0 unspecified atom stereocenters. The number of benzene rings is 1. The van der Waals surface area contributed by atoms with Gasteiger partial charge in [-0.25, -0.2) is 0 Å². The lowest BCUT2D eigenvalue weighted by atomic mass is 10.0. The molecule has 2 atom stereocenters. The van der Waals surface area contributed by atoms with Gasteiger partial charge in [0.2, 0.25) is 0 Å².